The molecule has 4 N–H and O–H groups in total. The van der Waals surface area contributed by atoms with Crippen LogP contribution in [0.5, 0.6) is 0 Å². The first-order valence-electron chi connectivity index (χ1n) is 7.78. The van der Waals surface area contributed by atoms with Gasteiger partial charge in [0.1, 0.15) is 11.8 Å². The van der Waals surface area contributed by atoms with Crippen LogP contribution in [0.15, 0.2) is 48.5 Å². The molecule has 122 valence electrons. The lowest BCUT2D eigenvalue weighted by atomic mass is 9.94. The van der Waals surface area contributed by atoms with Crippen molar-refractivity contribution in [2.75, 3.05) is 18.4 Å². The van der Waals surface area contributed by atoms with E-state index in [4.69, 9.17) is 22.1 Å². The standard InChI is InChI=1S/C18H22ClN3O/c1-18(12-21-11-17(20)23-18)14-3-2-4-16(9-14)22-10-13-5-7-15(19)8-6-13/h2-9,17,21-22H,10-12,20H2,1H3. The Kier molecular flexibility index (Phi) is 4.87. The lowest BCUT2D eigenvalue weighted by Gasteiger charge is -2.38. The van der Waals surface area contributed by atoms with Crippen LogP contribution in [0, 0.1) is 0 Å². The Morgan fingerprint density at radius 3 is 2.83 bits per heavy atom. The summed E-state index contributed by atoms with van der Waals surface area (Å²) in [6.45, 7) is 4.25. The van der Waals surface area contributed by atoms with Gasteiger partial charge in [-0.1, -0.05) is 35.9 Å². The Labute approximate surface area is 142 Å². The van der Waals surface area contributed by atoms with E-state index >= 15 is 0 Å². The summed E-state index contributed by atoms with van der Waals surface area (Å²) in [5.74, 6) is 0. The van der Waals surface area contributed by atoms with E-state index in [2.05, 4.69) is 35.8 Å². The Morgan fingerprint density at radius 1 is 1.30 bits per heavy atom. The molecule has 0 aromatic heterocycles. The average Bonchev–Trinajstić information content (AvgIpc) is 2.54. The fourth-order valence-corrected chi connectivity index (χ4v) is 2.93. The molecule has 2 unspecified atom stereocenters. The molecule has 2 aromatic carbocycles. The van der Waals surface area contributed by atoms with E-state index in [1.165, 1.54) is 5.56 Å². The van der Waals surface area contributed by atoms with E-state index in [0.29, 0.717) is 6.54 Å². The van der Waals surface area contributed by atoms with Crippen molar-refractivity contribution >= 4 is 17.3 Å². The first kappa shape index (κ1) is 16.3. The molecule has 0 amide bonds. The Bertz CT molecular complexity index is 662. The van der Waals surface area contributed by atoms with E-state index in [1.807, 2.05) is 30.3 Å². The van der Waals surface area contributed by atoms with Crippen molar-refractivity contribution < 1.29 is 4.74 Å². The largest absolute Gasteiger partial charge is 0.381 e. The van der Waals surface area contributed by atoms with Crippen LogP contribution in [0.4, 0.5) is 5.69 Å². The average molecular weight is 332 g/mol. The van der Waals surface area contributed by atoms with Crippen LogP contribution in [0.3, 0.4) is 0 Å². The van der Waals surface area contributed by atoms with E-state index < -0.39 is 5.60 Å². The summed E-state index contributed by atoms with van der Waals surface area (Å²) >= 11 is 5.91. The number of rotatable bonds is 4. The highest BCUT2D eigenvalue weighted by Crippen LogP contribution is 2.29. The van der Waals surface area contributed by atoms with Crippen LogP contribution < -0.4 is 16.4 Å². The number of benzene rings is 2. The maximum Gasteiger partial charge on any atom is 0.119 e. The van der Waals surface area contributed by atoms with E-state index in [9.17, 15) is 0 Å². The fourth-order valence-electron chi connectivity index (χ4n) is 2.80. The molecule has 0 bridgehead atoms. The second kappa shape index (κ2) is 6.89. The maximum absolute atomic E-state index is 5.96. The molecule has 1 aliphatic heterocycles. The number of morpholine rings is 1. The zero-order valence-electron chi connectivity index (χ0n) is 13.2. The Balaban J connectivity index is 1.71. The second-order valence-electron chi connectivity index (χ2n) is 6.08. The number of halogens is 1. The van der Waals surface area contributed by atoms with Gasteiger partial charge in [-0.2, -0.15) is 0 Å². The molecule has 1 fully saturated rings. The summed E-state index contributed by atoms with van der Waals surface area (Å²) in [7, 11) is 0. The molecular formula is C18H22ClN3O. The van der Waals surface area contributed by atoms with Crippen LogP contribution in [0.25, 0.3) is 0 Å². The summed E-state index contributed by atoms with van der Waals surface area (Å²) in [6.07, 6.45) is -0.278. The minimum Gasteiger partial charge on any atom is -0.381 e. The van der Waals surface area contributed by atoms with Gasteiger partial charge in [-0.3, -0.25) is 0 Å². The van der Waals surface area contributed by atoms with Crippen molar-refractivity contribution in [2.24, 2.45) is 5.73 Å². The van der Waals surface area contributed by atoms with Gasteiger partial charge in [-0.15, -0.1) is 0 Å². The molecule has 5 heteroatoms. The van der Waals surface area contributed by atoms with E-state index in [0.717, 1.165) is 29.4 Å². The number of hydrogen-bond donors (Lipinski definition) is 3. The molecule has 23 heavy (non-hydrogen) atoms. The topological polar surface area (TPSA) is 59.3 Å². The van der Waals surface area contributed by atoms with Gasteiger partial charge in [0.2, 0.25) is 0 Å². The molecule has 1 heterocycles. The number of ether oxygens (including phenoxy) is 1. The molecule has 1 aliphatic rings. The number of hydrogen-bond acceptors (Lipinski definition) is 4. The summed E-state index contributed by atoms with van der Waals surface area (Å²) in [6, 6.07) is 16.1. The predicted molar refractivity (Wildman–Crippen MR) is 94.5 cm³/mol. The lowest BCUT2D eigenvalue weighted by Crippen LogP contribution is -2.53. The van der Waals surface area contributed by atoms with E-state index in [-0.39, 0.29) is 6.23 Å². The van der Waals surface area contributed by atoms with Crippen LogP contribution in [0.1, 0.15) is 18.1 Å². The van der Waals surface area contributed by atoms with Crippen molar-refractivity contribution in [3.63, 3.8) is 0 Å². The fraction of sp³-hybridized carbons (Fsp3) is 0.333. The van der Waals surface area contributed by atoms with Gasteiger partial charge in [-0.05, 0) is 42.3 Å². The maximum atomic E-state index is 5.96. The highest BCUT2D eigenvalue weighted by Gasteiger charge is 2.33. The summed E-state index contributed by atoms with van der Waals surface area (Å²) in [4.78, 5) is 0. The highest BCUT2D eigenvalue weighted by atomic mass is 35.5. The predicted octanol–water partition coefficient (Wildman–Crippen LogP) is 3.07. The first-order valence-corrected chi connectivity index (χ1v) is 8.16. The van der Waals surface area contributed by atoms with Gasteiger partial charge < -0.3 is 21.1 Å². The summed E-state index contributed by atoms with van der Waals surface area (Å²) in [5, 5.41) is 7.51. The SMILES string of the molecule is CC1(c2cccc(NCc3ccc(Cl)cc3)c2)CNCC(N)O1. The molecule has 2 atom stereocenters. The molecule has 0 spiro atoms. The third-order valence-electron chi connectivity index (χ3n) is 4.10. The second-order valence-corrected chi connectivity index (χ2v) is 6.52. The van der Waals surface area contributed by atoms with Gasteiger partial charge >= 0.3 is 0 Å². The van der Waals surface area contributed by atoms with Crippen LogP contribution in [0.2, 0.25) is 5.02 Å². The van der Waals surface area contributed by atoms with Crippen molar-refractivity contribution in [2.45, 2.75) is 25.3 Å². The smallest absolute Gasteiger partial charge is 0.119 e. The first-order chi connectivity index (χ1) is 11.0. The van der Waals surface area contributed by atoms with Gasteiger partial charge in [-0.25, -0.2) is 0 Å². The Hall–Kier alpha value is -1.59. The third kappa shape index (κ3) is 4.03. The molecule has 3 rings (SSSR count). The zero-order valence-corrected chi connectivity index (χ0v) is 13.9. The normalized spacial score (nSPS) is 24.4. The highest BCUT2D eigenvalue weighted by molar-refractivity contribution is 6.30. The number of anilines is 1. The van der Waals surface area contributed by atoms with Crippen molar-refractivity contribution in [1.29, 1.82) is 0 Å². The van der Waals surface area contributed by atoms with E-state index in [1.54, 1.807) is 0 Å². The summed E-state index contributed by atoms with van der Waals surface area (Å²) < 4.78 is 5.96. The van der Waals surface area contributed by atoms with Gasteiger partial charge in [0.25, 0.3) is 0 Å². The lowest BCUT2D eigenvalue weighted by molar-refractivity contribution is -0.107. The van der Waals surface area contributed by atoms with Gasteiger partial charge in [0.05, 0.1) is 0 Å². The van der Waals surface area contributed by atoms with Crippen LogP contribution in [-0.2, 0) is 16.9 Å². The molecule has 4 nitrogen and oxygen atoms in total. The number of nitrogens with one attached hydrogen (secondary N) is 2. The number of nitrogens with two attached hydrogens (primary N) is 1. The molecule has 0 radical (unpaired) electrons. The van der Waals surface area contributed by atoms with Crippen molar-refractivity contribution in [1.82, 2.24) is 5.32 Å². The molecule has 0 aliphatic carbocycles. The Morgan fingerprint density at radius 2 is 2.09 bits per heavy atom. The van der Waals surface area contributed by atoms with Crippen LogP contribution >= 0.6 is 11.6 Å². The molecule has 1 saturated heterocycles. The minimum atomic E-state index is -0.407. The zero-order chi connectivity index (χ0) is 16.3. The quantitative estimate of drug-likeness (QED) is 0.806. The van der Waals surface area contributed by atoms with Crippen LogP contribution in [-0.4, -0.2) is 19.3 Å². The molecular weight excluding hydrogens is 310 g/mol. The van der Waals surface area contributed by atoms with Gasteiger partial charge in [0, 0.05) is 30.3 Å². The minimum absolute atomic E-state index is 0.278. The van der Waals surface area contributed by atoms with Crippen molar-refractivity contribution in [3.8, 4) is 0 Å². The molecule has 0 saturated carbocycles. The van der Waals surface area contributed by atoms with Gasteiger partial charge in [0.15, 0.2) is 0 Å². The molecule has 2 aromatic rings. The third-order valence-corrected chi connectivity index (χ3v) is 4.35. The van der Waals surface area contributed by atoms with Crippen molar-refractivity contribution in [3.05, 3.63) is 64.7 Å². The summed E-state index contributed by atoms with van der Waals surface area (Å²) in [5.41, 5.74) is 8.87. The monoisotopic (exact) mass is 331 g/mol.